The van der Waals surface area contributed by atoms with Crippen molar-refractivity contribution in [3.63, 3.8) is 0 Å². The number of nitrogens with one attached hydrogen (secondary N) is 1. The molecule has 5 heteroatoms. The Bertz CT molecular complexity index is 286. The fraction of sp³-hybridized carbons (Fsp3) is 1.00. The Kier molecular flexibility index (Phi) is 4.14. The highest BCUT2D eigenvalue weighted by Gasteiger charge is 2.28. The van der Waals surface area contributed by atoms with Crippen molar-refractivity contribution in [1.82, 2.24) is 5.32 Å². The lowest BCUT2D eigenvalue weighted by Gasteiger charge is -2.19. The van der Waals surface area contributed by atoms with Gasteiger partial charge in [-0.2, -0.15) is 0 Å². The van der Waals surface area contributed by atoms with E-state index in [1.807, 2.05) is 0 Å². The van der Waals surface area contributed by atoms with Crippen LogP contribution in [0.1, 0.15) is 27.2 Å². The maximum Gasteiger partial charge on any atom is 0.157 e. The fourth-order valence-corrected chi connectivity index (χ4v) is 2.33. The van der Waals surface area contributed by atoms with E-state index in [1.165, 1.54) is 0 Å². The summed E-state index contributed by atoms with van der Waals surface area (Å²) in [5.41, 5.74) is 0. The molecular weight excluding hydrogens is 214 g/mol. The fourth-order valence-electron chi connectivity index (χ4n) is 1.40. The van der Waals surface area contributed by atoms with Gasteiger partial charge in [0.05, 0.1) is 23.2 Å². The van der Waals surface area contributed by atoms with Crippen molar-refractivity contribution in [3.05, 3.63) is 0 Å². The molecule has 0 spiro atoms. The second-order valence-corrected chi connectivity index (χ2v) is 7.78. The Balaban J connectivity index is 2.30. The number of rotatable bonds is 4. The van der Waals surface area contributed by atoms with Gasteiger partial charge in [0.2, 0.25) is 0 Å². The summed E-state index contributed by atoms with van der Waals surface area (Å²) in [6.45, 7) is 7.29. The van der Waals surface area contributed by atoms with Gasteiger partial charge in [0.1, 0.15) is 0 Å². The largest absolute Gasteiger partial charge is 0.376 e. The first-order valence-electron chi connectivity index (χ1n) is 5.37. The van der Waals surface area contributed by atoms with Gasteiger partial charge < -0.3 is 10.1 Å². The Morgan fingerprint density at radius 2 is 2.07 bits per heavy atom. The van der Waals surface area contributed by atoms with Crippen molar-refractivity contribution < 1.29 is 13.2 Å². The molecule has 1 N–H and O–H groups in total. The van der Waals surface area contributed by atoms with Crippen LogP contribution in [0.25, 0.3) is 0 Å². The molecule has 0 radical (unpaired) electrons. The third-order valence-corrected chi connectivity index (χ3v) is 5.22. The highest BCUT2D eigenvalue weighted by Crippen LogP contribution is 2.16. The number of hydrogen-bond donors (Lipinski definition) is 1. The molecule has 1 unspecified atom stereocenters. The summed E-state index contributed by atoms with van der Waals surface area (Å²) >= 11 is 0. The first kappa shape index (κ1) is 12.9. The first-order chi connectivity index (χ1) is 6.83. The van der Waals surface area contributed by atoms with E-state index in [0.29, 0.717) is 6.61 Å². The lowest BCUT2D eigenvalue weighted by Crippen LogP contribution is -2.33. The number of ether oxygens (including phenoxy) is 1. The second-order valence-electron chi connectivity index (χ2n) is 4.92. The molecule has 0 amide bonds. The van der Waals surface area contributed by atoms with Gasteiger partial charge in [0.25, 0.3) is 0 Å². The molecule has 1 fully saturated rings. The summed E-state index contributed by atoms with van der Waals surface area (Å²) in [5.74, 6) is 0.118. The third kappa shape index (κ3) is 3.74. The van der Waals surface area contributed by atoms with Crippen molar-refractivity contribution in [2.75, 3.05) is 25.4 Å². The van der Waals surface area contributed by atoms with E-state index in [1.54, 1.807) is 20.8 Å². The highest BCUT2D eigenvalue weighted by molar-refractivity contribution is 7.92. The molecule has 0 aromatic heterocycles. The van der Waals surface area contributed by atoms with Gasteiger partial charge >= 0.3 is 0 Å². The van der Waals surface area contributed by atoms with Crippen molar-refractivity contribution in [1.29, 1.82) is 0 Å². The normalized spacial score (nSPS) is 23.3. The van der Waals surface area contributed by atoms with E-state index >= 15 is 0 Å². The van der Waals surface area contributed by atoms with Crippen LogP contribution in [0.2, 0.25) is 0 Å². The van der Waals surface area contributed by atoms with Crippen LogP contribution in [0.3, 0.4) is 0 Å². The van der Waals surface area contributed by atoms with E-state index in [0.717, 1.165) is 19.5 Å². The smallest absolute Gasteiger partial charge is 0.157 e. The molecule has 0 aromatic carbocycles. The standard InChI is InChI=1S/C10H21NO3S/c1-10(2,3)15(12,13)7-6-14-9-4-5-11-8-9/h9,11H,4-8H2,1-3H3. The molecule has 0 saturated carbocycles. The Morgan fingerprint density at radius 3 is 2.53 bits per heavy atom. The molecule has 1 aliphatic heterocycles. The molecule has 1 saturated heterocycles. The average Bonchev–Trinajstić information content (AvgIpc) is 2.54. The minimum Gasteiger partial charge on any atom is -0.376 e. The molecule has 4 nitrogen and oxygen atoms in total. The van der Waals surface area contributed by atoms with Crippen LogP contribution in [0, 0.1) is 0 Å². The molecule has 15 heavy (non-hydrogen) atoms. The summed E-state index contributed by atoms with van der Waals surface area (Å²) in [6, 6.07) is 0. The molecular formula is C10H21NO3S. The van der Waals surface area contributed by atoms with Crippen molar-refractivity contribution in [2.45, 2.75) is 38.0 Å². The summed E-state index contributed by atoms with van der Waals surface area (Å²) in [6.07, 6.45) is 1.18. The number of hydrogen-bond acceptors (Lipinski definition) is 4. The minimum absolute atomic E-state index is 0.118. The Hall–Kier alpha value is -0.130. The first-order valence-corrected chi connectivity index (χ1v) is 7.03. The van der Waals surface area contributed by atoms with Crippen molar-refractivity contribution in [2.24, 2.45) is 0 Å². The molecule has 1 aliphatic rings. The summed E-state index contributed by atoms with van der Waals surface area (Å²) in [5, 5.41) is 3.18. The maximum absolute atomic E-state index is 11.7. The summed E-state index contributed by atoms with van der Waals surface area (Å²) in [7, 11) is -3.03. The van der Waals surface area contributed by atoms with Gasteiger partial charge in [-0.1, -0.05) is 0 Å². The van der Waals surface area contributed by atoms with Crippen molar-refractivity contribution >= 4 is 9.84 Å². The van der Waals surface area contributed by atoms with E-state index in [9.17, 15) is 8.42 Å². The predicted octanol–water partition coefficient (Wildman–Crippen LogP) is 0.578. The minimum atomic E-state index is -3.03. The molecule has 1 heterocycles. The van der Waals surface area contributed by atoms with Crippen molar-refractivity contribution in [3.8, 4) is 0 Å². The maximum atomic E-state index is 11.7. The second kappa shape index (κ2) is 4.80. The molecule has 0 aliphatic carbocycles. The monoisotopic (exact) mass is 235 g/mol. The zero-order valence-electron chi connectivity index (χ0n) is 9.75. The summed E-state index contributed by atoms with van der Waals surface area (Å²) < 4.78 is 28.3. The van der Waals surface area contributed by atoms with Crippen LogP contribution < -0.4 is 5.32 Å². The van der Waals surface area contributed by atoms with Gasteiger partial charge in [-0.15, -0.1) is 0 Å². The Labute approximate surface area is 92.3 Å². The molecule has 1 atom stereocenters. The van der Waals surface area contributed by atoms with Crippen LogP contribution >= 0.6 is 0 Å². The van der Waals surface area contributed by atoms with Gasteiger partial charge in [-0.05, 0) is 33.7 Å². The number of sulfone groups is 1. The van der Waals surface area contributed by atoms with Gasteiger partial charge in [0.15, 0.2) is 9.84 Å². The zero-order valence-corrected chi connectivity index (χ0v) is 10.6. The SMILES string of the molecule is CC(C)(C)S(=O)(=O)CCOC1CCNC1. The zero-order chi connectivity index (χ0) is 11.5. The van der Waals surface area contributed by atoms with E-state index < -0.39 is 14.6 Å². The summed E-state index contributed by atoms with van der Waals surface area (Å²) in [4.78, 5) is 0. The quantitative estimate of drug-likeness (QED) is 0.774. The van der Waals surface area contributed by atoms with E-state index in [-0.39, 0.29) is 11.9 Å². The van der Waals surface area contributed by atoms with E-state index in [2.05, 4.69) is 5.32 Å². The molecule has 1 rings (SSSR count). The van der Waals surface area contributed by atoms with Gasteiger partial charge in [0, 0.05) is 6.54 Å². The lowest BCUT2D eigenvalue weighted by molar-refractivity contribution is 0.0786. The van der Waals surface area contributed by atoms with Crippen LogP contribution in [0.15, 0.2) is 0 Å². The lowest BCUT2D eigenvalue weighted by atomic mass is 10.3. The van der Waals surface area contributed by atoms with Crippen LogP contribution in [-0.4, -0.2) is 44.7 Å². The van der Waals surface area contributed by atoms with Crippen LogP contribution in [0.4, 0.5) is 0 Å². The highest BCUT2D eigenvalue weighted by atomic mass is 32.2. The Morgan fingerprint density at radius 1 is 1.40 bits per heavy atom. The third-order valence-electron chi connectivity index (χ3n) is 2.65. The van der Waals surface area contributed by atoms with E-state index in [4.69, 9.17) is 4.74 Å². The average molecular weight is 235 g/mol. The van der Waals surface area contributed by atoms with Crippen LogP contribution in [-0.2, 0) is 14.6 Å². The van der Waals surface area contributed by atoms with Crippen LogP contribution in [0.5, 0.6) is 0 Å². The predicted molar refractivity (Wildman–Crippen MR) is 60.8 cm³/mol. The molecule has 90 valence electrons. The molecule has 0 aromatic rings. The molecule has 0 bridgehead atoms. The van der Waals surface area contributed by atoms with Gasteiger partial charge in [-0.25, -0.2) is 8.42 Å². The van der Waals surface area contributed by atoms with Gasteiger partial charge in [-0.3, -0.25) is 0 Å². The topological polar surface area (TPSA) is 55.4 Å².